The fourth-order valence-electron chi connectivity index (χ4n) is 2.35. The fraction of sp³-hybridized carbons (Fsp3) is 0.154. The number of aliphatic carboxylic acids is 1. The van der Waals surface area contributed by atoms with Gasteiger partial charge in [0.2, 0.25) is 0 Å². The lowest BCUT2D eigenvalue weighted by atomic mass is 10.1. The average molecular weight is 400 g/mol. The molecule has 2 unspecified atom stereocenters. The molecule has 0 bridgehead atoms. The van der Waals surface area contributed by atoms with Gasteiger partial charge in [-0.25, -0.2) is 4.79 Å². The second-order valence-corrected chi connectivity index (χ2v) is 5.67. The van der Waals surface area contributed by atoms with Crippen molar-refractivity contribution in [3.63, 3.8) is 0 Å². The molecule has 2 heterocycles. The van der Waals surface area contributed by atoms with E-state index < -0.39 is 29.9 Å². The van der Waals surface area contributed by atoms with Gasteiger partial charge >= 0.3 is 5.97 Å². The zero-order chi connectivity index (χ0) is 15.1. The van der Waals surface area contributed by atoms with Gasteiger partial charge in [0.05, 0.1) is 14.8 Å². The van der Waals surface area contributed by atoms with E-state index in [2.05, 4.69) is 5.48 Å². The number of nitrogens with zero attached hydrogens (tertiary/aromatic N) is 1. The van der Waals surface area contributed by atoms with Crippen LogP contribution in [0.4, 0.5) is 0 Å². The smallest absolute Gasteiger partial charge is 0.330 e. The van der Waals surface area contributed by atoms with Gasteiger partial charge < -0.3 is 5.11 Å². The van der Waals surface area contributed by atoms with Crippen LogP contribution in [-0.4, -0.2) is 39.9 Å². The molecule has 2 aliphatic rings. The van der Waals surface area contributed by atoms with Crippen LogP contribution in [0, 0.1) is 0 Å². The summed E-state index contributed by atoms with van der Waals surface area (Å²) in [5, 5.41) is 9.41. The number of imide groups is 1. The maximum atomic E-state index is 12.3. The number of carboxylic acids is 1. The highest BCUT2D eigenvalue weighted by Gasteiger charge is 2.47. The topological polar surface area (TPSA) is 95.9 Å². The molecular formula is C13H9IN2O5. The Hall–Kier alpha value is -1.94. The van der Waals surface area contributed by atoms with E-state index in [-0.39, 0.29) is 11.1 Å². The minimum atomic E-state index is -1.42. The van der Waals surface area contributed by atoms with Crippen molar-refractivity contribution in [2.75, 3.05) is 0 Å². The van der Waals surface area contributed by atoms with E-state index in [0.29, 0.717) is 3.70 Å². The number of fused-ring (bicyclic) bond motifs is 1. The number of halogens is 1. The Morgan fingerprint density at radius 2 is 1.86 bits per heavy atom. The molecule has 108 valence electrons. The van der Waals surface area contributed by atoms with Gasteiger partial charge in [-0.05, 0) is 40.8 Å². The summed E-state index contributed by atoms with van der Waals surface area (Å²) in [4.78, 5) is 42.1. The van der Waals surface area contributed by atoms with Crippen molar-refractivity contribution in [3.8, 4) is 0 Å². The molecule has 1 aromatic carbocycles. The zero-order valence-corrected chi connectivity index (χ0v) is 12.6. The van der Waals surface area contributed by atoms with E-state index in [1.165, 1.54) is 18.2 Å². The third-order valence-corrected chi connectivity index (χ3v) is 3.85. The molecular weight excluding hydrogens is 391 g/mol. The Labute approximate surface area is 132 Å². The number of hydrogen-bond donors (Lipinski definition) is 2. The zero-order valence-electron chi connectivity index (χ0n) is 10.4. The Kier molecular flexibility index (Phi) is 3.41. The van der Waals surface area contributed by atoms with Crippen LogP contribution >= 0.6 is 22.6 Å². The van der Waals surface area contributed by atoms with Gasteiger partial charge in [-0.15, -0.1) is 0 Å². The van der Waals surface area contributed by atoms with Gasteiger partial charge in [-0.3, -0.25) is 24.8 Å². The first-order chi connectivity index (χ1) is 10.0. The Morgan fingerprint density at radius 3 is 2.29 bits per heavy atom. The van der Waals surface area contributed by atoms with E-state index in [9.17, 15) is 19.5 Å². The van der Waals surface area contributed by atoms with E-state index >= 15 is 0 Å². The summed E-state index contributed by atoms with van der Waals surface area (Å²) in [6.45, 7) is 0. The highest BCUT2D eigenvalue weighted by atomic mass is 127. The average Bonchev–Trinajstić information content (AvgIpc) is 2.97. The van der Waals surface area contributed by atoms with Crippen LogP contribution in [0.25, 0.3) is 0 Å². The molecule has 1 aromatic rings. The summed E-state index contributed by atoms with van der Waals surface area (Å²) in [6.07, 6.45) is 0.583. The van der Waals surface area contributed by atoms with Gasteiger partial charge in [0.1, 0.15) is 6.10 Å². The van der Waals surface area contributed by atoms with Crippen LogP contribution in [0.1, 0.15) is 20.7 Å². The maximum absolute atomic E-state index is 12.3. The first-order valence-corrected chi connectivity index (χ1v) is 7.07. The molecule has 2 N–H and O–H groups in total. The van der Waals surface area contributed by atoms with Crippen LogP contribution in [0.5, 0.6) is 0 Å². The van der Waals surface area contributed by atoms with E-state index in [0.717, 1.165) is 4.90 Å². The molecule has 0 aromatic heterocycles. The Morgan fingerprint density at radius 1 is 1.29 bits per heavy atom. The van der Waals surface area contributed by atoms with Crippen LogP contribution in [-0.2, 0) is 9.63 Å². The summed E-state index contributed by atoms with van der Waals surface area (Å²) >= 11 is 1.92. The quantitative estimate of drug-likeness (QED) is 0.445. The van der Waals surface area contributed by atoms with Gasteiger partial charge in [0, 0.05) is 0 Å². The van der Waals surface area contributed by atoms with Gasteiger partial charge in [0.15, 0.2) is 6.04 Å². The highest BCUT2D eigenvalue weighted by molar-refractivity contribution is 14.1. The van der Waals surface area contributed by atoms with E-state index in [1.807, 2.05) is 22.6 Å². The van der Waals surface area contributed by atoms with Crippen molar-refractivity contribution in [1.82, 2.24) is 10.4 Å². The van der Waals surface area contributed by atoms with Crippen molar-refractivity contribution >= 4 is 40.4 Å². The maximum Gasteiger partial charge on any atom is 0.330 e. The van der Waals surface area contributed by atoms with Gasteiger partial charge in [-0.1, -0.05) is 12.1 Å². The number of hydroxylamine groups is 1. The van der Waals surface area contributed by atoms with Crippen molar-refractivity contribution in [2.24, 2.45) is 0 Å². The minimum absolute atomic E-state index is 0.207. The van der Waals surface area contributed by atoms with Crippen LogP contribution < -0.4 is 5.48 Å². The number of benzene rings is 1. The highest BCUT2D eigenvalue weighted by Crippen LogP contribution is 2.28. The van der Waals surface area contributed by atoms with E-state index in [1.54, 1.807) is 12.1 Å². The molecule has 8 heteroatoms. The van der Waals surface area contributed by atoms with Crippen molar-refractivity contribution in [1.29, 1.82) is 0 Å². The fourth-order valence-corrected chi connectivity index (χ4v) is 2.83. The number of rotatable bonds is 3. The first-order valence-electron chi connectivity index (χ1n) is 5.99. The lowest BCUT2D eigenvalue weighted by Gasteiger charge is -2.25. The van der Waals surface area contributed by atoms with Gasteiger partial charge in [-0.2, -0.15) is 0 Å². The molecule has 2 atom stereocenters. The molecule has 2 aliphatic heterocycles. The lowest BCUT2D eigenvalue weighted by Crippen LogP contribution is -2.51. The number of hydrogen-bond acceptors (Lipinski definition) is 5. The monoisotopic (exact) mass is 400 g/mol. The molecule has 0 radical (unpaired) electrons. The van der Waals surface area contributed by atoms with Crippen molar-refractivity contribution < 1.29 is 24.3 Å². The van der Waals surface area contributed by atoms with Crippen molar-refractivity contribution in [3.05, 3.63) is 45.2 Å². The third-order valence-electron chi connectivity index (χ3n) is 3.27. The van der Waals surface area contributed by atoms with Crippen molar-refractivity contribution in [2.45, 2.75) is 12.1 Å². The molecule has 7 nitrogen and oxygen atoms in total. The summed E-state index contributed by atoms with van der Waals surface area (Å²) in [7, 11) is 0. The summed E-state index contributed by atoms with van der Waals surface area (Å²) < 4.78 is 0.598. The second-order valence-electron chi connectivity index (χ2n) is 4.51. The van der Waals surface area contributed by atoms with Crippen LogP contribution in [0.3, 0.4) is 0 Å². The molecule has 2 amide bonds. The number of nitrogens with one attached hydrogen (secondary N) is 1. The molecule has 0 saturated carbocycles. The summed E-state index contributed by atoms with van der Waals surface area (Å²) in [6, 6.07) is 4.83. The lowest BCUT2D eigenvalue weighted by molar-refractivity contribution is -0.146. The molecule has 0 fully saturated rings. The standard InChI is InChI=1S/C13H9IN2O5/c14-9-5-8(21-15-9)10(13(19)20)16-11(17)6-3-1-2-4-7(6)12(16)18/h1-5,8,10,15H,(H,19,20). The number of carbonyl (C=O) groups is 3. The molecule has 0 spiro atoms. The predicted molar refractivity (Wildman–Crippen MR) is 78.5 cm³/mol. The molecule has 21 heavy (non-hydrogen) atoms. The summed E-state index contributed by atoms with van der Waals surface area (Å²) in [5.74, 6) is -2.55. The Bertz CT molecular complexity index is 652. The van der Waals surface area contributed by atoms with E-state index in [4.69, 9.17) is 4.84 Å². The first kappa shape index (κ1) is 14.0. The number of carboxylic acid groups (broad SMARTS) is 1. The second kappa shape index (κ2) is 5.11. The molecule has 0 aliphatic carbocycles. The minimum Gasteiger partial charge on any atom is -0.480 e. The SMILES string of the molecule is O=C(O)C(C1C=C(I)NO1)N1C(=O)c2ccccc2C1=O. The largest absolute Gasteiger partial charge is 0.480 e. The van der Waals surface area contributed by atoms with Crippen LogP contribution in [0.15, 0.2) is 34.0 Å². The number of amides is 2. The predicted octanol–water partition coefficient (Wildman–Crippen LogP) is 0.916. The third kappa shape index (κ3) is 2.20. The Balaban J connectivity index is 2.01. The summed E-state index contributed by atoms with van der Waals surface area (Å²) in [5.41, 5.74) is 2.93. The normalized spacial score (nSPS) is 21.9. The molecule has 0 saturated heterocycles. The number of carbonyl (C=O) groups excluding carboxylic acids is 2. The van der Waals surface area contributed by atoms with Crippen LogP contribution in [0.2, 0.25) is 0 Å². The molecule has 3 rings (SSSR count). The van der Waals surface area contributed by atoms with Gasteiger partial charge in [0.25, 0.3) is 11.8 Å².